The summed E-state index contributed by atoms with van der Waals surface area (Å²) in [6, 6.07) is 7.03. The Labute approximate surface area is 151 Å². The summed E-state index contributed by atoms with van der Waals surface area (Å²) in [5.74, 6) is 0.279. The number of hydrogen-bond acceptors (Lipinski definition) is 4. The molecule has 0 amide bonds. The van der Waals surface area contributed by atoms with E-state index in [4.69, 9.17) is 21.7 Å². The van der Waals surface area contributed by atoms with Crippen LogP contribution < -0.4 is 15.4 Å². The lowest BCUT2D eigenvalue weighted by Gasteiger charge is -2.28. The normalized spacial score (nSPS) is 21.2. The second kappa shape index (κ2) is 7.00. The number of esters is 1. The van der Waals surface area contributed by atoms with Gasteiger partial charge in [0.05, 0.1) is 18.7 Å². The van der Waals surface area contributed by atoms with Crippen LogP contribution in [0.2, 0.25) is 0 Å². The molecule has 25 heavy (non-hydrogen) atoms. The van der Waals surface area contributed by atoms with Crippen molar-refractivity contribution in [1.29, 1.82) is 0 Å². The molecule has 0 radical (unpaired) electrons. The molecule has 1 saturated carbocycles. The Hall–Kier alpha value is -2.15. The molecule has 1 aliphatic carbocycles. The first-order valence-electron chi connectivity index (χ1n) is 8.15. The van der Waals surface area contributed by atoms with Gasteiger partial charge in [0.1, 0.15) is 19.0 Å². The fourth-order valence-corrected chi connectivity index (χ4v) is 3.37. The van der Waals surface area contributed by atoms with E-state index in [1.807, 2.05) is 24.3 Å². The number of ether oxygens (including phenoxy) is 2. The molecule has 2 N–H and O–H groups in total. The molecular formula is C18H21FN2O3S. The Morgan fingerprint density at radius 3 is 2.60 bits per heavy atom. The monoisotopic (exact) mass is 364 g/mol. The van der Waals surface area contributed by atoms with Crippen molar-refractivity contribution >= 4 is 23.3 Å². The van der Waals surface area contributed by atoms with Crippen molar-refractivity contribution in [1.82, 2.24) is 10.6 Å². The van der Waals surface area contributed by atoms with Crippen LogP contribution in [0.15, 0.2) is 35.5 Å². The summed E-state index contributed by atoms with van der Waals surface area (Å²) in [4.78, 5) is 12.5. The van der Waals surface area contributed by atoms with Crippen LogP contribution in [0.25, 0.3) is 0 Å². The quantitative estimate of drug-likeness (QED) is 0.597. The SMILES string of the molecule is COc1ccc(C2(COC(=O)C3=C(C)NC(=S)NC3CF)CC2)cc1. The first kappa shape index (κ1) is 17.7. The van der Waals surface area contributed by atoms with Gasteiger partial charge < -0.3 is 20.1 Å². The number of carbonyl (C=O) groups excluding carboxylic acids is 1. The van der Waals surface area contributed by atoms with Crippen LogP contribution in [-0.4, -0.2) is 37.5 Å². The first-order chi connectivity index (χ1) is 12.0. The molecular weight excluding hydrogens is 343 g/mol. The summed E-state index contributed by atoms with van der Waals surface area (Å²) in [5.41, 5.74) is 1.77. The molecule has 3 rings (SSSR count). The highest BCUT2D eigenvalue weighted by molar-refractivity contribution is 7.80. The smallest absolute Gasteiger partial charge is 0.338 e. The number of rotatable bonds is 6. The third-order valence-electron chi connectivity index (χ3n) is 4.77. The Morgan fingerprint density at radius 2 is 2.04 bits per heavy atom. The topological polar surface area (TPSA) is 59.6 Å². The van der Waals surface area contributed by atoms with Crippen LogP contribution in [0.5, 0.6) is 5.75 Å². The molecule has 1 fully saturated rings. The summed E-state index contributed by atoms with van der Waals surface area (Å²) < 4.78 is 24.0. The van der Waals surface area contributed by atoms with Gasteiger partial charge in [-0.25, -0.2) is 9.18 Å². The van der Waals surface area contributed by atoms with Crippen LogP contribution in [0.1, 0.15) is 25.3 Å². The molecule has 134 valence electrons. The number of carbonyl (C=O) groups is 1. The molecule has 1 heterocycles. The summed E-state index contributed by atoms with van der Waals surface area (Å²) in [5, 5.41) is 5.92. The van der Waals surface area contributed by atoms with Gasteiger partial charge in [-0.05, 0) is 49.7 Å². The van der Waals surface area contributed by atoms with Crippen molar-refractivity contribution in [2.45, 2.75) is 31.2 Å². The lowest BCUT2D eigenvalue weighted by Crippen LogP contribution is -2.50. The van der Waals surface area contributed by atoms with Gasteiger partial charge in [0, 0.05) is 11.1 Å². The van der Waals surface area contributed by atoms with Crippen molar-refractivity contribution in [2.75, 3.05) is 20.4 Å². The van der Waals surface area contributed by atoms with E-state index in [9.17, 15) is 9.18 Å². The van der Waals surface area contributed by atoms with E-state index in [-0.39, 0.29) is 17.6 Å². The summed E-state index contributed by atoms with van der Waals surface area (Å²) >= 11 is 5.00. The minimum atomic E-state index is -0.766. The van der Waals surface area contributed by atoms with Crippen molar-refractivity contribution < 1.29 is 18.7 Å². The number of thiocarbonyl (C=S) groups is 1. The van der Waals surface area contributed by atoms with Crippen molar-refractivity contribution in [3.8, 4) is 5.75 Å². The van der Waals surface area contributed by atoms with Gasteiger partial charge in [-0.2, -0.15) is 0 Å². The standard InChI is InChI=1S/C18H21FN2O3S/c1-11-15(14(9-19)21-17(25)20-11)16(22)24-10-18(7-8-18)12-3-5-13(23-2)6-4-12/h3-6,14H,7-10H2,1-2H3,(H2,20,21,25). The largest absolute Gasteiger partial charge is 0.497 e. The Morgan fingerprint density at radius 1 is 1.36 bits per heavy atom. The van der Waals surface area contributed by atoms with E-state index in [1.54, 1.807) is 14.0 Å². The summed E-state index contributed by atoms with van der Waals surface area (Å²) in [7, 11) is 1.62. The fourth-order valence-electron chi connectivity index (χ4n) is 3.07. The van der Waals surface area contributed by atoms with Crippen LogP contribution in [-0.2, 0) is 14.9 Å². The van der Waals surface area contributed by atoms with E-state index >= 15 is 0 Å². The molecule has 1 aromatic rings. The van der Waals surface area contributed by atoms with Crippen LogP contribution in [0.4, 0.5) is 4.39 Å². The number of alkyl halides is 1. The zero-order valence-corrected chi connectivity index (χ0v) is 15.0. The van der Waals surface area contributed by atoms with Gasteiger partial charge >= 0.3 is 5.97 Å². The zero-order chi connectivity index (χ0) is 18.0. The first-order valence-corrected chi connectivity index (χ1v) is 8.56. The predicted octanol–water partition coefficient (Wildman–Crippen LogP) is 2.36. The highest BCUT2D eigenvalue weighted by Crippen LogP contribution is 2.48. The van der Waals surface area contributed by atoms with Gasteiger partial charge in [-0.3, -0.25) is 0 Å². The molecule has 1 aromatic carbocycles. The lowest BCUT2D eigenvalue weighted by atomic mass is 9.97. The maximum absolute atomic E-state index is 13.3. The molecule has 1 aliphatic heterocycles. The maximum atomic E-state index is 13.3. The van der Waals surface area contributed by atoms with Gasteiger partial charge in [0.15, 0.2) is 5.11 Å². The lowest BCUT2D eigenvalue weighted by molar-refractivity contribution is -0.140. The van der Waals surface area contributed by atoms with Gasteiger partial charge in [0.25, 0.3) is 0 Å². The summed E-state index contributed by atoms with van der Waals surface area (Å²) in [6.07, 6.45) is 1.91. The average Bonchev–Trinajstić information content (AvgIpc) is 3.40. The van der Waals surface area contributed by atoms with Crippen LogP contribution >= 0.6 is 12.2 Å². The molecule has 0 bridgehead atoms. The second-order valence-electron chi connectivity index (χ2n) is 6.43. The molecule has 2 aliphatic rings. The van der Waals surface area contributed by atoms with Gasteiger partial charge in [0.2, 0.25) is 0 Å². The maximum Gasteiger partial charge on any atom is 0.338 e. The van der Waals surface area contributed by atoms with Gasteiger partial charge in [-0.15, -0.1) is 0 Å². The third-order valence-corrected chi connectivity index (χ3v) is 4.99. The molecule has 7 heteroatoms. The highest BCUT2D eigenvalue weighted by atomic mass is 32.1. The molecule has 1 unspecified atom stereocenters. The van der Waals surface area contributed by atoms with Crippen LogP contribution in [0.3, 0.4) is 0 Å². The number of methoxy groups -OCH3 is 1. The predicted molar refractivity (Wildman–Crippen MR) is 96.2 cm³/mol. The molecule has 0 aromatic heterocycles. The molecule has 5 nitrogen and oxygen atoms in total. The number of halogens is 1. The third kappa shape index (κ3) is 3.61. The number of benzene rings is 1. The number of nitrogens with one attached hydrogen (secondary N) is 2. The van der Waals surface area contributed by atoms with Crippen LogP contribution in [0, 0.1) is 0 Å². The van der Waals surface area contributed by atoms with Crippen molar-refractivity contribution in [2.24, 2.45) is 0 Å². The summed E-state index contributed by atoms with van der Waals surface area (Å²) in [6.45, 7) is 1.24. The Bertz CT molecular complexity index is 714. The van der Waals surface area contributed by atoms with E-state index in [0.717, 1.165) is 24.2 Å². The van der Waals surface area contributed by atoms with Crippen molar-refractivity contribution in [3.63, 3.8) is 0 Å². The minimum Gasteiger partial charge on any atom is -0.497 e. The molecule has 1 atom stereocenters. The number of hydrogen-bond donors (Lipinski definition) is 2. The highest BCUT2D eigenvalue weighted by Gasteiger charge is 2.46. The van der Waals surface area contributed by atoms with E-state index in [1.165, 1.54) is 0 Å². The fraction of sp³-hybridized carbons (Fsp3) is 0.444. The van der Waals surface area contributed by atoms with E-state index in [2.05, 4.69) is 10.6 Å². The van der Waals surface area contributed by atoms with E-state index < -0.39 is 18.7 Å². The minimum absolute atomic E-state index is 0.146. The Kier molecular flexibility index (Phi) is 4.94. The van der Waals surface area contributed by atoms with Gasteiger partial charge in [-0.1, -0.05) is 12.1 Å². The Balaban J connectivity index is 1.69. The number of allylic oxidation sites excluding steroid dienone is 1. The average molecular weight is 364 g/mol. The second-order valence-corrected chi connectivity index (χ2v) is 6.84. The molecule has 0 spiro atoms. The zero-order valence-electron chi connectivity index (χ0n) is 14.2. The van der Waals surface area contributed by atoms with Crippen molar-refractivity contribution in [3.05, 3.63) is 41.1 Å². The molecule has 0 saturated heterocycles. The van der Waals surface area contributed by atoms with E-state index in [0.29, 0.717) is 10.8 Å².